The summed E-state index contributed by atoms with van der Waals surface area (Å²) < 4.78 is 17.3. The van der Waals surface area contributed by atoms with Crippen LogP contribution in [0.2, 0.25) is 0 Å². The van der Waals surface area contributed by atoms with Gasteiger partial charge in [0.15, 0.2) is 6.61 Å². The second-order valence-electron chi connectivity index (χ2n) is 7.73. The molecule has 6 nitrogen and oxygen atoms in total. The number of aryl methyl sites for hydroxylation is 1. The van der Waals surface area contributed by atoms with Crippen molar-refractivity contribution in [3.8, 4) is 16.9 Å². The summed E-state index contributed by atoms with van der Waals surface area (Å²) in [6.45, 7) is 6.72. The summed E-state index contributed by atoms with van der Waals surface area (Å²) in [4.78, 5) is 27.3. The zero-order valence-electron chi connectivity index (χ0n) is 17.4. The predicted molar refractivity (Wildman–Crippen MR) is 115 cm³/mol. The fourth-order valence-corrected chi connectivity index (χ4v) is 3.93. The molecule has 3 aromatic rings. The van der Waals surface area contributed by atoms with Crippen molar-refractivity contribution in [2.24, 2.45) is 0 Å². The number of carbonyl (C=O) groups excluding carboxylic acids is 1. The van der Waals surface area contributed by atoms with E-state index in [1.54, 1.807) is 30.0 Å². The smallest absolute Gasteiger partial charge is 0.260 e. The van der Waals surface area contributed by atoms with E-state index in [1.165, 1.54) is 0 Å². The summed E-state index contributed by atoms with van der Waals surface area (Å²) in [5.74, 6) is 0.942. The van der Waals surface area contributed by atoms with E-state index in [0.717, 1.165) is 5.56 Å². The Balaban J connectivity index is 1.54. The quantitative estimate of drug-likeness (QED) is 0.658. The van der Waals surface area contributed by atoms with E-state index in [9.17, 15) is 9.59 Å². The standard InChI is InChI=1S/C24H25NO5/c1-15-12-25(13-16(2)29-15)22(26)14-28-19-9-10-20-21(11-19)30-17(3)23(24(20)27)18-7-5-4-6-8-18/h4-11,15-16H,12-14H2,1-3H3. The Labute approximate surface area is 175 Å². The lowest BCUT2D eigenvalue weighted by atomic mass is 10.0. The Hall–Kier alpha value is -3.12. The number of ether oxygens (including phenoxy) is 2. The number of hydrogen-bond acceptors (Lipinski definition) is 5. The SMILES string of the molecule is Cc1oc2cc(OCC(=O)N3CC(C)OC(C)C3)ccc2c(=O)c1-c1ccccc1. The van der Waals surface area contributed by atoms with E-state index >= 15 is 0 Å². The third-order valence-electron chi connectivity index (χ3n) is 5.24. The molecule has 1 aromatic heterocycles. The van der Waals surface area contributed by atoms with Gasteiger partial charge in [-0.3, -0.25) is 9.59 Å². The highest BCUT2D eigenvalue weighted by Gasteiger charge is 2.26. The molecule has 1 fully saturated rings. The van der Waals surface area contributed by atoms with Crippen molar-refractivity contribution in [1.82, 2.24) is 4.90 Å². The molecular formula is C24H25NO5. The fraction of sp³-hybridized carbons (Fsp3) is 0.333. The monoisotopic (exact) mass is 407 g/mol. The van der Waals surface area contributed by atoms with Crippen molar-refractivity contribution in [2.75, 3.05) is 19.7 Å². The van der Waals surface area contributed by atoms with Crippen molar-refractivity contribution >= 4 is 16.9 Å². The molecule has 0 spiro atoms. The summed E-state index contributed by atoms with van der Waals surface area (Å²) in [6.07, 6.45) is 0.0175. The maximum Gasteiger partial charge on any atom is 0.260 e. The van der Waals surface area contributed by atoms with Crippen LogP contribution in [0.1, 0.15) is 19.6 Å². The van der Waals surface area contributed by atoms with Crippen LogP contribution in [0.3, 0.4) is 0 Å². The highest BCUT2D eigenvalue weighted by Crippen LogP contribution is 2.26. The zero-order valence-corrected chi connectivity index (χ0v) is 17.4. The van der Waals surface area contributed by atoms with Gasteiger partial charge in [-0.05, 0) is 38.5 Å². The molecule has 0 saturated carbocycles. The molecule has 4 rings (SSSR count). The number of nitrogens with zero attached hydrogens (tertiary/aromatic N) is 1. The molecule has 0 aliphatic carbocycles. The van der Waals surface area contributed by atoms with Crippen LogP contribution < -0.4 is 10.2 Å². The van der Waals surface area contributed by atoms with Crippen molar-refractivity contribution in [1.29, 1.82) is 0 Å². The number of rotatable bonds is 4. The maximum absolute atomic E-state index is 13.0. The van der Waals surface area contributed by atoms with Crippen molar-refractivity contribution in [2.45, 2.75) is 33.0 Å². The summed E-state index contributed by atoms with van der Waals surface area (Å²) in [5, 5.41) is 0.481. The molecule has 0 bridgehead atoms. The molecular weight excluding hydrogens is 382 g/mol. The van der Waals surface area contributed by atoms with Crippen molar-refractivity contribution in [3.63, 3.8) is 0 Å². The molecule has 156 valence electrons. The molecule has 1 saturated heterocycles. The van der Waals surface area contributed by atoms with Crippen LogP contribution in [0.15, 0.2) is 57.7 Å². The molecule has 6 heteroatoms. The van der Waals surface area contributed by atoms with Gasteiger partial charge in [0.1, 0.15) is 17.1 Å². The fourth-order valence-electron chi connectivity index (χ4n) is 3.93. The molecule has 2 aromatic carbocycles. The van der Waals surface area contributed by atoms with Gasteiger partial charge in [-0.25, -0.2) is 0 Å². The normalized spacial score (nSPS) is 19.1. The molecule has 0 radical (unpaired) electrons. The van der Waals surface area contributed by atoms with E-state index in [2.05, 4.69) is 0 Å². The van der Waals surface area contributed by atoms with Gasteiger partial charge >= 0.3 is 0 Å². The molecule has 1 amide bonds. The Morgan fingerprint density at radius 3 is 2.50 bits per heavy atom. The van der Waals surface area contributed by atoms with Crippen molar-refractivity contribution < 1.29 is 18.7 Å². The van der Waals surface area contributed by atoms with Gasteiger partial charge in [-0.2, -0.15) is 0 Å². The van der Waals surface area contributed by atoms with Gasteiger partial charge < -0.3 is 18.8 Å². The lowest BCUT2D eigenvalue weighted by molar-refractivity contribution is -0.145. The predicted octanol–water partition coefficient (Wildman–Crippen LogP) is 3.78. The van der Waals surface area contributed by atoms with E-state index in [0.29, 0.717) is 41.1 Å². The number of amides is 1. The first-order valence-electron chi connectivity index (χ1n) is 10.1. The Bertz CT molecular complexity index is 1110. The lowest BCUT2D eigenvalue weighted by Crippen LogP contribution is -2.49. The van der Waals surface area contributed by atoms with E-state index in [1.807, 2.05) is 44.2 Å². The summed E-state index contributed by atoms with van der Waals surface area (Å²) in [6, 6.07) is 14.5. The lowest BCUT2D eigenvalue weighted by Gasteiger charge is -2.35. The number of carbonyl (C=O) groups is 1. The topological polar surface area (TPSA) is 69.0 Å². The first-order valence-corrected chi connectivity index (χ1v) is 10.1. The first-order chi connectivity index (χ1) is 14.4. The molecule has 2 atom stereocenters. The van der Waals surface area contributed by atoms with Gasteiger partial charge in [0.2, 0.25) is 5.43 Å². The van der Waals surface area contributed by atoms with Gasteiger partial charge in [0, 0.05) is 19.2 Å². The Morgan fingerprint density at radius 2 is 1.80 bits per heavy atom. The summed E-state index contributed by atoms with van der Waals surface area (Å²) in [7, 11) is 0. The van der Waals surface area contributed by atoms with Gasteiger partial charge in [0.25, 0.3) is 5.91 Å². The van der Waals surface area contributed by atoms with E-state index < -0.39 is 0 Å². The minimum atomic E-state index is -0.0887. The van der Waals surface area contributed by atoms with Crippen LogP contribution in [-0.2, 0) is 9.53 Å². The highest BCUT2D eigenvalue weighted by atomic mass is 16.5. The number of morpholine rings is 1. The van der Waals surface area contributed by atoms with Crippen LogP contribution >= 0.6 is 0 Å². The van der Waals surface area contributed by atoms with Crippen LogP contribution in [0.4, 0.5) is 0 Å². The number of hydrogen-bond donors (Lipinski definition) is 0. The average molecular weight is 407 g/mol. The van der Waals surface area contributed by atoms with E-state index in [4.69, 9.17) is 13.9 Å². The summed E-state index contributed by atoms with van der Waals surface area (Å²) >= 11 is 0. The van der Waals surface area contributed by atoms with Gasteiger partial charge in [-0.15, -0.1) is 0 Å². The third kappa shape index (κ3) is 4.09. The molecule has 1 aliphatic rings. The van der Waals surface area contributed by atoms with Gasteiger partial charge in [-0.1, -0.05) is 30.3 Å². The molecule has 30 heavy (non-hydrogen) atoms. The molecule has 2 heterocycles. The number of benzene rings is 2. The number of fused-ring (bicyclic) bond motifs is 1. The van der Waals surface area contributed by atoms with Gasteiger partial charge in [0.05, 0.1) is 23.2 Å². The van der Waals surface area contributed by atoms with Crippen LogP contribution in [-0.4, -0.2) is 42.7 Å². The largest absolute Gasteiger partial charge is 0.484 e. The van der Waals surface area contributed by atoms with E-state index in [-0.39, 0.29) is 30.2 Å². The molecule has 0 N–H and O–H groups in total. The highest BCUT2D eigenvalue weighted by molar-refractivity contribution is 5.84. The minimum absolute atomic E-state index is 0.00873. The molecule has 1 aliphatic heterocycles. The first kappa shape index (κ1) is 20.2. The molecule has 2 unspecified atom stereocenters. The average Bonchev–Trinajstić information content (AvgIpc) is 2.72. The third-order valence-corrected chi connectivity index (χ3v) is 5.24. The Morgan fingerprint density at radius 1 is 1.10 bits per heavy atom. The second-order valence-corrected chi connectivity index (χ2v) is 7.73. The van der Waals surface area contributed by atoms with Crippen LogP contribution in [0, 0.1) is 6.92 Å². The van der Waals surface area contributed by atoms with Crippen molar-refractivity contribution in [3.05, 3.63) is 64.5 Å². The maximum atomic E-state index is 13.0. The second kappa shape index (κ2) is 8.32. The van der Waals surface area contributed by atoms with Crippen LogP contribution in [0.25, 0.3) is 22.1 Å². The zero-order chi connectivity index (χ0) is 21.3. The summed E-state index contributed by atoms with van der Waals surface area (Å²) in [5.41, 5.74) is 1.74. The minimum Gasteiger partial charge on any atom is -0.484 e. The van der Waals surface area contributed by atoms with Crippen LogP contribution in [0.5, 0.6) is 5.75 Å². The Kier molecular flexibility index (Phi) is 5.59.